The van der Waals surface area contributed by atoms with Crippen molar-refractivity contribution in [3.8, 4) is 0 Å². The highest BCUT2D eigenvalue weighted by atomic mass is 16.2. The number of carbonyl (C=O) groups is 2. The molecular weight excluding hydrogens is 142 g/mol. The fraction of sp³-hybridized carbons (Fsp3) is 0.250. The molecule has 0 bridgehead atoms. The highest BCUT2D eigenvalue weighted by molar-refractivity contribution is 6.46. The van der Waals surface area contributed by atoms with Crippen molar-refractivity contribution >= 4 is 11.6 Å². The molecule has 0 saturated heterocycles. The van der Waals surface area contributed by atoms with Crippen LogP contribution in [0.25, 0.3) is 0 Å². The Bertz CT molecular complexity index is 251. The largest absolute Gasteiger partial charge is 0.330 e. The van der Waals surface area contributed by atoms with Gasteiger partial charge < -0.3 is 5.73 Å². The number of hydrogen-bond acceptors (Lipinski definition) is 3. The van der Waals surface area contributed by atoms with Gasteiger partial charge in [-0.1, -0.05) is 6.08 Å². The highest BCUT2D eigenvalue weighted by Gasteiger charge is 2.11. The van der Waals surface area contributed by atoms with Crippen molar-refractivity contribution in [1.29, 1.82) is 0 Å². The summed E-state index contributed by atoms with van der Waals surface area (Å²) in [5, 5.41) is 0. The lowest BCUT2D eigenvalue weighted by atomic mass is 10.0. The number of hydrogen-bond donors (Lipinski definition) is 1. The molecule has 0 aromatic carbocycles. The monoisotopic (exact) mass is 151 g/mol. The van der Waals surface area contributed by atoms with Gasteiger partial charge in [0, 0.05) is 0 Å². The first-order chi connectivity index (χ1) is 5.24. The summed E-state index contributed by atoms with van der Waals surface area (Å²) in [6, 6.07) is 0. The number of carbonyl (C=O) groups excluding carboxylic acids is 2. The fourth-order valence-electron chi connectivity index (χ4n) is 0.875. The summed E-state index contributed by atoms with van der Waals surface area (Å²) in [6.07, 6.45) is 4.91. The summed E-state index contributed by atoms with van der Waals surface area (Å²) in [5.41, 5.74) is 6.10. The highest BCUT2D eigenvalue weighted by Crippen LogP contribution is 2.07. The SMILES string of the molecule is NCCC1=CC(=O)C(=O)C=C1. The molecule has 1 aliphatic carbocycles. The molecule has 2 N–H and O–H groups in total. The average Bonchev–Trinajstić information content (AvgIpc) is 1.98. The van der Waals surface area contributed by atoms with Gasteiger partial charge >= 0.3 is 0 Å². The third-order valence-corrected chi connectivity index (χ3v) is 1.44. The van der Waals surface area contributed by atoms with E-state index in [1.54, 1.807) is 6.08 Å². The summed E-state index contributed by atoms with van der Waals surface area (Å²) < 4.78 is 0. The van der Waals surface area contributed by atoms with Crippen LogP contribution in [0, 0.1) is 0 Å². The van der Waals surface area contributed by atoms with E-state index in [2.05, 4.69) is 0 Å². The standard InChI is InChI=1S/C8H9NO2/c9-4-3-6-1-2-7(10)8(11)5-6/h1-2,5H,3-4,9H2. The molecule has 0 unspecified atom stereocenters. The van der Waals surface area contributed by atoms with Crippen LogP contribution in [0.3, 0.4) is 0 Å². The van der Waals surface area contributed by atoms with Crippen LogP contribution >= 0.6 is 0 Å². The molecule has 0 atom stereocenters. The second kappa shape index (κ2) is 3.25. The molecule has 0 aliphatic heterocycles. The Labute approximate surface area is 64.6 Å². The van der Waals surface area contributed by atoms with E-state index in [0.29, 0.717) is 13.0 Å². The maximum Gasteiger partial charge on any atom is 0.225 e. The Morgan fingerprint density at radius 3 is 2.45 bits per heavy atom. The third kappa shape index (κ3) is 1.85. The van der Waals surface area contributed by atoms with E-state index in [0.717, 1.165) is 5.57 Å². The van der Waals surface area contributed by atoms with Crippen molar-refractivity contribution in [2.75, 3.05) is 6.54 Å². The Hall–Kier alpha value is -1.22. The minimum atomic E-state index is -0.453. The third-order valence-electron chi connectivity index (χ3n) is 1.44. The van der Waals surface area contributed by atoms with Crippen molar-refractivity contribution in [3.05, 3.63) is 23.8 Å². The lowest BCUT2D eigenvalue weighted by Crippen LogP contribution is -2.12. The van der Waals surface area contributed by atoms with E-state index in [-0.39, 0.29) is 0 Å². The molecule has 0 radical (unpaired) electrons. The lowest BCUT2D eigenvalue weighted by Gasteiger charge is -2.02. The molecule has 0 saturated carbocycles. The Morgan fingerprint density at radius 1 is 1.18 bits per heavy atom. The number of ketones is 2. The zero-order chi connectivity index (χ0) is 8.27. The van der Waals surface area contributed by atoms with Crippen LogP contribution in [0.5, 0.6) is 0 Å². The first kappa shape index (κ1) is 7.88. The van der Waals surface area contributed by atoms with Crippen LogP contribution < -0.4 is 5.73 Å². The van der Waals surface area contributed by atoms with Gasteiger partial charge in [-0.3, -0.25) is 9.59 Å². The van der Waals surface area contributed by atoms with Crippen LogP contribution in [0.4, 0.5) is 0 Å². The predicted octanol–water partition coefficient (Wildman–Crippen LogP) is -0.0304. The maximum absolute atomic E-state index is 10.8. The smallest absolute Gasteiger partial charge is 0.225 e. The van der Waals surface area contributed by atoms with Gasteiger partial charge in [-0.05, 0) is 30.7 Å². The van der Waals surface area contributed by atoms with Crippen molar-refractivity contribution in [2.24, 2.45) is 5.73 Å². The average molecular weight is 151 g/mol. The fourth-order valence-corrected chi connectivity index (χ4v) is 0.875. The summed E-state index contributed by atoms with van der Waals surface area (Å²) in [5.74, 6) is -0.901. The van der Waals surface area contributed by atoms with E-state index in [1.165, 1.54) is 12.2 Å². The number of rotatable bonds is 2. The van der Waals surface area contributed by atoms with Crippen LogP contribution in [0.2, 0.25) is 0 Å². The van der Waals surface area contributed by atoms with Gasteiger partial charge in [-0.15, -0.1) is 0 Å². The van der Waals surface area contributed by atoms with E-state index in [9.17, 15) is 9.59 Å². The van der Waals surface area contributed by atoms with Gasteiger partial charge in [0.15, 0.2) is 0 Å². The van der Waals surface area contributed by atoms with Crippen LogP contribution in [0.1, 0.15) is 6.42 Å². The Morgan fingerprint density at radius 2 is 1.91 bits per heavy atom. The van der Waals surface area contributed by atoms with E-state index < -0.39 is 11.6 Å². The van der Waals surface area contributed by atoms with Gasteiger partial charge in [0.05, 0.1) is 0 Å². The Balaban J connectivity index is 2.72. The molecule has 0 spiro atoms. The van der Waals surface area contributed by atoms with Crippen molar-refractivity contribution in [1.82, 2.24) is 0 Å². The summed E-state index contributed by atoms with van der Waals surface area (Å²) >= 11 is 0. The van der Waals surface area contributed by atoms with E-state index in [4.69, 9.17) is 5.73 Å². The first-order valence-electron chi connectivity index (χ1n) is 3.41. The van der Waals surface area contributed by atoms with Gasteiger partial charge in [0.25, 0.3) is 0 Å². The molecule has 0 aromatic heterocycles. The van der Waals surface area contributed by atoms with Crippen LogP contribution in [0.15, 0.2) is 23.8 Å². The van der Waals surface area contributed by atoms with E-state index >= 15 is 0 Å². The van der Waals surface area contributed by atoms with Crippen molar-refractivity contribution in [2.45, 2.75) is 6.42 Å². The van der Waals surface area contributed by atoms with Crippen LogP contribution in [-0.4, -0.2) is 18.1 Å². The second-order valence-electron chi connectivity index (χ2n) is 2.32. The molecule has 0 amide bonds. The van der Waals surface area contributed by atoms with E-state index in [1.807, 2.05) is 0 Å². The minimum absolute atomic E-state index is 0.448. The molecule has 3 heteroatoms. The van der Waals surface area contributed by atoms with Crippen molar-refractivity contribution < 1.29 is 9.59 Å². The zero-order valence-electron chi connectivity index (χ0n) is 6.04. The molecule has 0 heterocycles. The molecule has 0 fully saturated rings. The van der Waals surface area contributed by atoms with Gasteiger partial charge in [-0.25, -0.2) is 0 Å². The normalized spacial score (nSPS) is 17.0. The second-order valence-corrected chi connectivity index (χ2v) is 2.32. The number of allylic oxidation sites excluding steroid dienone is 3. The molecule has 3 nitrogen and oxygen atoms in total. The van der Waals surface area contributed by atoms with Crippen LogP contribution in [-0.2, 0) is 9.59 Å². The maximum atomic E-state index is 10.8. The topological polar surface area (TPSA) is 60.2 Å². The molecule has 1 aliphatic rings. The summed E-state index contributed by atoms with van der Waals surface area (Å²) in [4.78, 5) is 21.4. The van der Waals surface area contributed by atoms with Gasteiger partial charge in [0.1, 0.15) is 0 Å². The quantitative estimate of drug-likeness (QED) is 0.445. The van der Waals surface area contributed by atoms with Crippen molar-refractivity contribution in [3.63, 3.8) is 0 Å². The summed E-state index contributed by atoms with van der Waals surface area (Å²) in [6.45, 7) is 0.498. The Kier molecular flexibility index (Phi) is 2.33. The molecular formula is C8H9NO2. The molecule has 58 valence electrons. The zero-order valence-corrected chi connectivity index (χ0v) is 6.04. The minimum Gasteiger partial charge on any atom is -0.330 e. The summed E-state index contributed by atoms with van der Waals surface area (Å²) in [7, 11) is 0. The molecule has 11 heavy (non-hydrogen) atoms. The number of nitrogens with two attached hydrogens (primary N) is 1. The first-order valence-corrected chi connectivity index (χ1v) is 3.41. The van der Waals surface area contributed by atoms with Gasteiger partial charge in [0.2, 0.25) is 11.6 Å². The molecule has 1 rings (SSSR count). The predicted molar refractivity (Wildman–Crippen MR) is 40.9 cm³/mol. The lowest BCUT2D eigenvalue weighted by molar-refractivity contribution is -0.131. The van der Waals surface area contributed by atoms with Gasteiger partial charge in [-0.2, -0.15) is 0 Å². The molecule has 0 aromatic rings.